The summed E-state index contributed by atoms with van der Waals surface area (Å²) in [6.07, 6.45) is 6.44. The maximum absolute atomic E-state index is 5.84. The van der Waals surface area contributed by atoms with Crippen LogP contribution in [0.1, 0.15) is 38.4 Å². The Bertz CT molecular complexity index is 297. The lowest BCUT2D eigenvalue weighted by atomic mass is 10.1. The zero-order valence-corrected chi connectivity index (χ0v) is 8.33. The van der Waals surface area contributed by atoms with Crippen LogP contribution in [0.5, 0.6) is 0 Å². The summed E-state index contributed by atoms with van der Waals surface area (Å²) in [5, 5.41) is 0. The van der Waals surface area contributed by atoms with Crippen LogP contribution in [0.2, 0.25) is 0 Å². The third kappa shape index (κ3) is 1.75. The molecule has 72 valence electrons. The Morgan fingerprint density at radius 2 is 2.38 bits per heavy atom. The number of aromatic nitrogens is 2. The Balaban J connectivity index is 2.15. The molecule has 1 atom stereocenters. The van der Waals surface area contributed by atoms with E-state index in [2.05, 4.69) is 16.5 Å². The van der Waals surface area contributed by atoms with Crippen LogP contribution in [0, 0.1) is 5.41 Å². The molecule has 0 aromatic carbocycles. The van der Waals surface area contributed by atoms with Crippen LogP contribution >= 0.6 is 0 Å². The summed E-state index contributed by atoms with van der Waals surface area (Å²) in [5.41, 5.74) is 7.50. The van der Waals surface area contributed by atoms with Crippen molar-refractivity contribution < 1.29 is 0 Å². The molecule has 0 aliphatic heterocycles. The van der Waals surface area contributed by atoms with Gasteiger partial charge in [-0.15, -0.1) is 0 Å². The van der Waals surface area contributed by atoms with E-state index in [4.69, 9.17) is 5.73 Å². The van der Waals surface area contributed by atoms with Gasteiger partial charge in [-0.25, -0.2) is 4.98 Å². The van der Waals surface area contributed by atoms with Gasteiger partial charge in [0.25, 0.3) is 0 Å². The maximum Gasteiger partial charge on any atom is 0.0948 e. The van der Waals surface area contributed by atoms with Gasteiger partial charge in [-0.05, 0) is 25.2 Å². The van der Waals surface area contributed by atoms with Crippen LogP contribution in [0.25, 0.3) is 0 Å². The largest absolute Gasteiger partial charge is 0.333 e. The number of hydrogen-bond acceptors (Lipinski definition) is 2. The molecule has 1 fully saturated rings. The summed E-state index contributed by atoms with van der Waals surface area (Å²) in [5.74, 6) is 0. The Kier molecular flexibility index (Phi) is 1.91. The van der Waals surface area contributed by atoms with Gasteiger partial charge in [-0.2, -0.15) is 0 Å². The van der Waals surface area contributed by atoms with E-state index in [0.717, 1.165) is 12.2 Å². The lowest BCUT2D eigenvalue weighted by Gasteiger charge is -2.14. The molecule has 1 heterocycles. The molecular formula is C10H17N3. The summed E-state index contributed by atoms with van der Waals surface area (Å²) in [6.45, 7) is 5.39. The van der Waals surface area contributed by atoms with Crippen molar-refractivity contribution in [2.24, 2.45) is 11.1 Å². The third-order valence-electron chi connectivity index (χ3n) is 2.87. The minimum Gasteiger partial charge on any atom is -0.333 e. The van der Waals surface area contributed by atoms with Crippen molar-refractivity contribution >= 4 is 0 Å². The van der Waals surface area contributed by atoms with E-state index in [1.165, 1.54) is 12.8 Å². The van der Waals surface area contributed by atoms with Gasteiger partial charge in [0.1, 0.15) is 0 Å². The zero-order valence-electron chi connectivity index (χ0n) is 8.33. The SMILES string of the molecule is CC(N)c1cncn1CC1(C)CC1. The van der Waals surface area contributed by atoms with Crippen LogP contribution in [-0.2, 0) is 6.54 Å². The molecule has 1 unspecified atom stereocenters. The molecule has 0 radical (unpaired) electrons. The van der Waals surface area contributed by atoms with E-state index in [1.807, 2.05) is 19.4 Å². The van der Waals surface area contributed by atoms with Crippen LogP contribution in [0.3, 0.4) is 0 Å². The minimum atomic E-state index is 0.0878. The van der Waals surface area contributed by atoms with E-state index in [0.29, 0.717) is 5.41 Å². The Morgan fingerprint density at radius 3 is 2.92 bits per heavy atom. The quantitative estimate of drug-likeness (QED) is 0.767. The van der Waals surface area contributed by atoms with Crippen molar-refractivity contribution in [3.63, 3.8) is 0 Å². The van der Waals surface area contributed by atoms with Gasteiger partial charge in [0.15, 0.2) is 0 Å². The third-order valence-corrected chi connectivity index (χ3v) is 2.87. The van der Waals surface area contributed by atoms with Crippen molar-refractivity contribution in [2.45, 2.75) is 39.3 Å². The molecule has 0 saturated heterocycles. The first-order valence-corrected chi connectivity index (χ1v) is 4.86. The molecule has 0 bridgehead atoms. The zero-order chi connectivity index (χ0) is 9.47. The molecule has 13 heavy (non-hydrogen) atoms. The fourth-order valence-electron chi connectivity index (χ4n) is 1.62. The predicted octanol–water partition coefficient (Wildman–Crippen LogP) is 1.70. The van der Waals surface area contributed by atoms with Crippen LogP contribution in [-0.4, -0.2) is 9.55 Å². The number of nitrogens with zero attached hydrogens (tertiary/aromatic N) is 2. The molecule has 0 spiro atoms. The van der Waals surface area contributed by atoms with Crippen molar-refractivity contribution in [2.75, 3.05) is 0 Å². The van der Waals surface area contributed by atoms with Crippen molar-refractivity contribution in [3.8, 4) is 0 Å². The number of hydrogen-bond donors (Lipinski definition) is 1. The summed E-state index contributed by atoms with van der Waals surface area (Å²) < 4.78 is 2.19. The van der Waals surface area contributed by atoms with Crippen molar-refractivity contribution in [1.82, 2.24) is 9.55 Å². The smallest absolute Gasteiger partial charge is 0.0948 e. The fraction of sp³-hybridized carbons (Fsp3) is 0.700. The standard InChI is InChI=1S/C10H17N3/c1-8(11)9-5-12-7-13(9)6-10(2)3-4-10/h5,7-8H,3-4,6,11H2,1-2H3. The number of imidazole rings is 1. The molecule has 1 aliphatic carbocycles. The predicted molar refractivity (Wildman–Crippen MR) is 52.2 cm³/mol. The Labute approximate surface area is 79.0 Å². The lowest BCUT2D eigenvalue weighted by Crippen LogP contribution is -2.15. The average molecular weight is 179 g/mol. The van der Waals surface area contributed by atoms with Gasteiger partial charge < -0.3 is 10.3 Å². The molecular weight excluding hydrogens is 162 g/mol. The van der Waals surface area contributed by atoms with E-state index >= 15 is 0 Å². The lowest BCUT2D eigenvalue weighted by molar-refractivity contribution is 0.448. The van der Waals surface area contributed by atoms with Crippen LogP contribution < -0.4 is 5.73 Å². The van der Waals surface area contributed by atoms with Crippen LogP contribution in [0.4, 0.5) is 0 Å². The van der Waals surface area contributed by atoms with Crippen molar-refractivity contribution in [1.29, 1.82) is 0 Å². The first-order valence-electron chi connectivity index (χ1n) is 4.86. The van der Waals surface area contributed by atoms with Gasteiger partial charge in [0, 0.05) is 18.8 Å². The van der Waals surface area contributed by atoms with Gasteiger partial charge in [-0.1, -0.05) is 6.92 Å². The highest BCUT2D eigenvalue weighted by Crippen LogP contribution is 2.46. The van der Waals surface area contributed by atoms with E-state index in [-0.39, 0.29) is 6.04 Å². The van der Waals surface area contributed by atoms with Crippen LogP contribution in [0.15, 0.2) is 12.5 Å². The monoisotopic (exact) mass is 179 g/mol. The van der Waals surface area contributed by atoms with E-state index in [1.54, 1.807) is 0 Å². The fourth-order valence-corrected chi connectivity index (χ4v) is 1.62. The highest BCUT2D eigenvalue weighted by molar-refractivity contribution is 5.05. The summed E-state index contributed by atoms with van der Waals surface area (Å²) in [4.78, 5) is 4.14. The average Bonchev–Trinajstić information content (AvgIpc) is 2.63. The highest BCUT2D eigenvalue weighted by atomic mass is 15.1. The normalized spacial score (nSPS) is 21.5. The molecule has 1 saturated carbocycles. The molecule has 2 N–H and O–H groups in total. The second kappa shape index (κ2) is 2.84. The second-order valence-electron chi connectivity index (χ2n) is 4.55. The minimum absolute atomic E-state index is 0.0878. The molecule has 0 amide bonds. The first kappa shape index (κ1) is 8.75. The van der Waals surface area contributed by atoms with Gasteiger partial charge in [-0.3, -0.25) is 0 Å². The van der Waals surface area contributed by atoms with E-state index in [9.17, 15) is 0 Å². The molecule has 3 heteroatoms. The van der Waals surface area contributed by atoms with Gasteiger partial charge in [0.05, 0.1) is 12.0 Å². The van der Waals surface area contributed by atoms with E-state index < -0.39 is 0 Å². The summed E-state index contributed by atoms with van der Waals surface area (Å²) in [6, 6.07) is 0.0878. The highest BCUT2D eigenvalue weighted by Gasteiger charge is 2.37. The Morgan fingerprint density at radius 1 is 1.69 bits per heavy atom. The van der Waals surface area contributed by atoms with Gasteiger partial charge in [0.2, 0.25) is 0 Å². The Hall–Kier alpha value is -0.830. The molecule has 1 aromatic heterocycles. The van der Waals surface area contributed by atoms with Crippen molar-refractivity contribution in [3.05, 3.63) is 18.2 Å². The topological polar surface area (TPSA) is 43.8 Å². The molecule has 2 rings (SSSR count). The molecule has 3 nitrogen and oxygen atoms in total. The molecule has 1 aromatic rings. The van der Waals surface area contributed by atoms with Gasteiger partial charge >= 0.3 is 0 Å². The maximum atomic E-state index is 5.84. The first-order chi connectivity index (χ1) is 6.11. The number of rotatable bonds is 3. The second-order valence-corrected chi connectivity index (χ2v) is 4.55. The summed E-state index contributed by atoms with van der Waals surface area (Å²) in [7, 11) is 0. The summed E-state index contributed by atoms with van der Waals surface area (Å²) >= 11 is 0. The molecule has 1 aliphatic rings. The number of nitrogens with two attached hydrogens (primary N) is 1.